The van der Waals surface area contributed by atoms with Crippen molar-refractivity contribution in [2.45, 2.75) is 10.6 Å². The van der Waals surface area contributed by atoms with Crippen LogP contribution in [0.25, 0.3) is 0 Å². The van der Waals surface area contributed by atoms with Crippen LogP contribution in [0.4, 0.5) is 8.78 Å². The van der Waals surface area contributed by atoms with Crippen molar-refractivity contribution >= 4 is 50.9 Å². The first-order chi connectivity index (χ1) is 8.99. The summed E-state index contributed by atoms with van der Waals surface area (Å²) in [4.78, 5) is 0.688. The maximum atomic E-state index is 13.8. The number of benzene rings is 2. The summed E-state index contributed by atoms with van der Waals surface area (Å²) in [5, 5.41) is 1.03. The quantitative estimate of drug-likeness (QED) is 0.441. The van der Waals surface area contributed by atoms with Crippen molar-refractivity contribution < 1.29 is 8.78 Å². The standard InChI is InChI=1S/C13H7BrCl2F2S/c14-9-2-4-11(17)8(13(9)18)6-19-12-5-7(15)1-3-10(12)16/h1-5H,6H2. The van der Waals surface area contributed by atoms with Gasteiger partial charge in [-0.15, -0.1) is 11.8 Å². The molecule has 19 heavy (non-hydrogen) atoms. The molecule has 0 heterocycles. The van der Waals surface area contributed by atoms with E-state index in [1.807, 2.05) is 0 Å². The molecule has 6 heteroatoms. The lowest BCUT2D eigenvalue weighted by molar-refractivity contribution is 0.562. The molecule has 0 fully saturated rings. The summed E-state index contributed by atoms with van der Waals surface area (Å²) in [6.45, 7) is 0. The highest BCUT2D eigenvalue weighted by Crippen LogP contribution is 2.34. The van der Waals surface area contributed by atoms with E-state index in [4.69, 9.17) is 23.2 Å². The van der Waals surface area contributed by atoms with E-state index in [0.717, 1.165) is 0 Å². The molecule has 0 unspecified atom stereocenters. The minimum Gasteiger partial charge on any atom is -0.207 e. The van der Waals surface area contributed by atoms with Crippen molar-refractivity contribution in [3.8, 4) is 0 Å². The smallest absolute Gasteiger partial charge is 0.144 e. The van der Waals surface area contributed by atoms with Gasteiger partial charge in [-0.1, -0.05) is 23.2 Å². The topological polar surface area (TPSA) is 0 Å². The Bertz CT molecular complexity index is 620. The molecular formula is C13H7BrCl2F2S. The van der Waals surface area contributed by atoms with Gasteiger partial charge in [-0.05, 0) is 46.3 Å². The summed E-state index contributed by atoms with van der Waals surface area (Å²) >= 11 is 16.1. The van der Waals surface area contributed by atoms with Crippen LogP contribution in [0.5, 0.6) is 0 Å². The van der Waals surface area contributed by atoms with Crippen molar-refractivity contribution in [3.05, 3.63) is 62.0 Å². The predicted octanol–water partition coefficient (Wildman–Crippen LogP) is 6.33. The third-order valence-electron chi connectivity index (χ3n) is 2.40. The number of hydrogen-bond donors (Lipinski definition) is 0. The largest absolute Gasteiger partial charge is 0.207 e. The Hall–Kier alpha value is -0.290. The Morgan fingerprint density at radius 3 is 2.58 bits per heavy atom. The molecule has 2 aromatic carbocycles. The molecule has 0 N–H and O–H groups in total. The lowest BCUT2D eigenvalue weighted by Gasteiger charge is -2.08. The molecule has 0 radical (unpaired) electrons. The highest BCUT2D eigenvalue weighted by molar-refractivity contribution is 9.10. The van der Waals surface area contributed by atoms with E-state index in [9.17, 15) is 8.78 Å². The summed E-state index contributed by atoms with van der Waals surface area (Å²) < 4.78 is 27.6. The Balaban J connectivity index is 2.24. The summed E-state index contributed by atoms with van der Waals surface area (Å²) in [6.07, 6.45) is 0. The van der Waals surface area contributed by atoms with Gasteiger partial charge in [0.15, 0.2) is 0 Å². The van der Waals surface area contributed by atoms with Crippen LogP contribution in [-0.4, -0.2) is 0 Å². The van der Waals surface area contributed by atoms with Crippen LogP contribution in [0.15, 0.2) is 39.7 Å². The van der Waals surface area contributed by atoms with E-state index in [0.29, 0.717) is 14.9 Å². The highest BCUT2D eigenvalue weighted by Gasteiger charge is 2.13. The Labute approximate surface area is 132 Å². The van der Waals surface area contributed by atoms with E-state index in [-0.39, 0.29) is 15.8 Å². The molecule has 0 aliphatic carbocycles. The minimum absolute atomic E-state index is 0.00965. The van der Waals surface area contributed by atoms with Crippen LogP contribution in [0.2, 0.25) is 10.0 Å². The molecule has 0 aliphatic heterocycles. The monoisotopic (exact) mass is 382 g/mol. The van der Waals surface area contributed by atoms with Crippen LogP contribution in [0, 0.1) is 11.6 Å². The van der Waals surface area contributed by atoms with Gasteiger partial charge in [0.25, 0.3) is 0 Å². The normalized spacial score (nSPS) is 10.8. The SMILES string of the molecule is Fc1ccc(Br)c(F)c1CSc1cc(Cl)ccc1Cl. The first kappa shape index (κ1) is 15.1. The van der Waals surface area contributed by atoms with Gasteiger partial charge in [0.2, 0.25) is 0 Å². The van der Waals surface area contributed by atoms with Crippen LogP contribution < -0.4 is 0 Å². The zero-order valence-corrected chi connectivity index (χ0v) is 13.3. The van der Waals surface area contributed by atoms with E-state index in [1.54, 1.807) is 18.2 Å². The van der Waals surface area contributed by atoms with Gasteiger partial charge in [0, 0.05) is 21.2 Å². The molecule has 0 aromatic heterocycles. The van der Waals surface area contributed by atoms with E-state index in [2.05, 4.69) is 15.9 Å². The zero-order valence-electron chi connectivity index (χ0n) is 9.39. The molecule has 2 aromatic rings. The second kappa shape index (κ2) is 6.44. The maximum absolute atomic E-state index is 13.8. The number of halogens is 5. The van der Waals surface area contributed by atoms with Crippen LogP contribution in [0.3, 0.4) is 0 Å². The molecule has 0 atom stereocenters. The van der Waals surface area contributed by atoms with Crippen molar-refractivity contribution in [1.29, 1.82) is 0 Å². The molecular weight excluding hydrogens is 377 g/mol. The third-order valence-corrected chi connectivity index (χ3v) is 4.78. The molecule has 0 saturated heterocycles. The van der Waals surface area contributed by atoms with Crippen molar-refractivity contribution in [3.63, 3.8) is 0 Å². The average molecular weight is 384 g/mol. The van der Waals surface area contributed by atoms with E-state index < -0.39 is 11.6 Å². The highest BCUT2D eigenvalue weighted by atomic mass is 79.9. The molecule has 0 nitrogen and oxygen atoms in total. The fourth-order valence-electron chi connectivity index (χ4n) is 1.44. The average Bonchev–Trinajstić information content (AvgIpc) is 2.38. The third kappa shape index (κ3) is 3.63. The first-order valence-electron chi connectivity index (χ1n) is 5.19. The van der Waals surface area contributed by atoms with Crippen LogP contribution >= 0.6 is 50.9 Å². The molecule has 0 spiro atoms. The summed E-state index contributed by atoms with van der Waals surface area (Å²) in [5.74, 6) is -1.03. The van der Waals surface area contributed by atoms with Crippen LogP contribution in [-0.2, 0) is 5.75 Å². The van der Waals surface area contributed by atoms with Gasteiger partial charge in [-0.3, -0.25) is 0 Å². The summed E-state index contributed by atoms with van der Waals surface area (Å²) in [6, 6.07) is 7.55. The van der Waals surface area contributed by atoms with Gasteiger partial charge >= 0.3 is 0 Å². The van der Waals surface area contributed by atoms with Crippen molar-refractivity contribution in [1.82, 2.24) is 0 Å². The molecule has 0 aliphatic rings. The lowest BCUT2D eigenvalue weighted by atomic mass is 10.2. The Kier molecular flexibility index (Phi) is 5.12. The Morgan fingerprint density at radius 2 is 1.84 bits per heavy atom. The molecule has 0 amide bonds. The molecule has 0 bridgehead atoms. The number of rotatable bonds is 3. The van der Waals surface area contributed by atoms with Crippen molar-refractivity contribution in [2.24, 2.45) is 0 Å². The maximum Gasteiger partial charge on any atom is 0.144 e. The molecule has 2 rings (SSSR count). The second-order valence-electron chi connectivity index (χ2n) is 3.69. The van der Waals surface area contributed by atoms with E-state index in [1.165, 1.54) is 23.9 Å². The van der Waals surface area contributed by atoms with Crippen molar-refractivity contribution in [2.75, 3.05) is 0 Å². The molecule has 100 valence electrons. The van der Waals surface area contributed by atoms with Crippen LogP contribution in [0.1, 0.15) is 5.56 Å². The summed E-state index contributed by atoms with van der Waals surface area (Å²) in [7, 11) is 0. The van der Waals surface area contributed by atoms with Gasteiger partial charge in [-0.2, -0.15) is 0 Å². The van der Waals surface area contributed by atoms with Gasteiger partial charge in [0.05, 0.1) is 9.50 Å². The predicted molar refractivity (Wildman–Crippen MR) is 80.1 cm³/mol. The lowest BCUT2D eigenvalue weighted by Crippen LogP contribution is -1.94. The van der Waals surface area contributed by atoms with Gasteiger partial charge in [-0.25, -0.2) is 8.78 Å². The fraction of sp³-hybridized carbons (Fsp3) is 0.0769. The van der Waals surface area contributed by atoms with Gasteiger partial charge in [0.1, 0.15) is 11.6 Å². The number of thioether (sulfide) groups is 1. The van der Waals surface area contributed by atoms with Gasteiger partial charge < -0.3 is 0 Å². The molecule has 0 saturated carbocycles. The Morgan fingerprint density at radius 1 is 1.11 bits per heavy atom. The minimum atomic E-state index is -0.592. The van der Waals surface area contributed by atoms with E-state index >= 15 is 0 Å². The summed E-state index contributed by atoms with van der Waals surface area (Å²) in [5.41, 5.74) is 0.00965. The first-order valence-corrected chi connectivity index (χ1v) is 7.72. The second-order valence-corrected chi connectivity index (χ2v) is 6.40. The zero-order chi connectivity index (χ0) is 14.0. The fourth-order valence-corrected chi connectivity index (χ4v) is 3.31. The number of hydrogen-bond acceptors (Lipinski definition) is 1.